The van der Waals surface area contributed by atoms with Gasteiger partial charge in [0.05, 0.1) is 10.9 Å². The van der Waals surface area contributed by atoms with Crippen molar-refractivity contribution >= 4 is 10.0 Å². The van der Waals surface area contributed by atoms with Crippen molar-refractivity contribution in [3.8, 4) is 0 Å². The van der Waals surface area contributed by atoms with E-state index in [9.17, 15) is 8.42 Å². The molecule has 0 aliphatic carbocycles. The van der Waals surface area contributed by atoms with Crippen molar-refractivity contribution in [2.24, 2.45) is 0 Å². The Kier molecular flexibility index (Phi) is 6.64. The lowest BCUT2D eigenvalue weighted by atomic mass is 10.4. The van der Waals surface area contributed by atoms with Crippen LogP contribution < -0.4 is 10.0 Å². The van der Waals surface area contributed by atoms with Crippen LogP contribution in [0.3, 0.4) is 0 Å². The van der Waals surface area contributed by atoms with Crippen LogP contribution >= 0.6 is 0 Å². The van der Waals surface area contributed by atoms with Gasteiger partial charge in [-0.2, -0.15) is 5.10 Å². The van der Waals surface area contributed by atoms with E-state index in [0.29, 0.717) is 13.1 Å². The smallest absolute Gasteiger partial charge is 0.215 e. The van der Waals surface area contributed by atoms with Gasteiger partial charge in [-0.25, -0.2) is 13.1 Å². The second-order valence-corrected chi connectivity index (χ2v) is 7.24. The van der Waals surface area contributed by atoms with Crippen LogP contribution in [0.25, 0.3) is 0 Å². The van der Waals surface area contributed by atoms with Crippen LogP contribution in [0.4, 0.5) is 0 Å². The van der Waals surface area contributed by atoms with E-state index < -0.39 is 15.3 Å². The SMILES string of the molecule is CCNCC(C)S(=O)(=O)NCCCn1nc(C)cc1C. The largest absolute Gasteiger partial charge is 0.316 e. The molecule has 1 aromatic rings. The first kappa shape index (κ1) is 17.1. The van der Waals surface area contributed by atoms with E-state index in [1.54, 1.807) is 6.92 Å². The molecule has 0 saturated carbocycles. The highest BCUT2D eigenvalue weighted by Gasteiger charge is 2.19. The Labute approximate surface area is 122 Å². The quantitative estimate of drug-likeness (QED) is 0.662. The maximum Gasteiger partial charge on any atom is 0.215 e. The molecule has 0 saturated heterocycles. The second kappa shape index (κ2) is 7.75. The van der Waals surface area contributed by atoms with Crippen molar-refractivity contribution in [2.75, 3.05) is 19.6 Å². The summed E-state index contributed by atoms with van der Waals surface area (Å²) in [5.41, 5.74) is 2.09. The summed E-state index contributed by atoms with van der Waals surface area (Å²) in [7, 11) is -3.23. The number of hydrogen-bond donors (Lipinski definition) is 2. The summed E-state index contributed by atoms with van der Waals surface area (Å²) in [4.78, 5) is 0. The van der Waals surface area contributed by atoms with E-state index >= 15 is 0 Å². The molecule has 0 fully saturated rings. The minimum atomic E-state index is -3.23. The van der Waals surface area contributed by atoms with Gasteiger partial charge < -0.3 is 5.32 Å². The molecular weight excluding hydrogens is 276 g/mol. The van der Waals surface area contributed by atoms with Gasteiger partial charge in [0.2, 0.25) is 10.0 Å². The molecule has 0 radical (unpaired) electrons. The maximum absolute atomic E-state index is 11.9. The average Bonchev–Trinajstić information content (AvgIpc) is 2.70. The Hall–Kier alpha value is -0.920. The summed E-state index contributed by atoms with van der Waals surface area (Å²) >= 11 is 0. The molecule has 1 unspecified atom stereocenters. The van der Waals surface area contributed by atoms with E-state index in [-0.39, 0.29) is 0 Å². The second-order valence-electron chi connectivity index (χ2n) is 5.06. The van der Waals surface area contributed by atoms with Gasteiger partial charge in [-0.3, -0.25) is 4.68 Å². The first-order valence-electron chi connectivity index (χ1n) is 7.07. The normalized spacial score (nSPS) is 13.6. The summed E-state index contributed by atoms with van der Waals surface area (Å²) in [5.74, 6) is 0. The van der Waals surface area contributed by atoms with Crippen LogP contribution in [0.1, 0.15) is 31.7 Å². The molecule has 7 heteroatoms. The fourth-order valence-corrected chi connectivity index (χ4v) is 2.99. The third-order valence-corrected chi connectivity index (χ3v) is 5.00. The zero-order chi connectivity index (χ0) is 15.2. The topological polar surface area (TPSA) is 76.0 Å². The molecule has 0 amide bonds. The molecule has 1 heterocycles. The Morgan fingerprint density at radius 3 is 2.65 bits per heavy atom. The average molecular weight is 302 g/mol. The number of rotatable bonds is 9. The summed E-state index contributed by atoms with van der Waals surface area (Å²) in [6.45, 7) is 10.0. The van der Waals surface area contributed by atoms with Gasteiger partial charge >= 0.3 is 0 Å². The van der Waals surface area contributed by atoms with Crippen molar-refractivity contribution in [3.63, 3.8) is 0 Å². The molecule has 2 N–H and O–H groups in total. The molecule has 0 bridgehead atoms. The third-order valence-electron chi connectivity index (χ3n) is 3.16. The number of hydrogen-bond acceptors (Lipinski definition) is 4. The van der Waals surface area contributed by atoms with E-state index in [1.165, 1.54) is 0 Å². The van der Waals surface area contributed by atoms with E-state index in [0.717, 1.165) is 30.9 Å². The van der Waals surface area contributed by atoms with Crippen LogP contribution in [0.5, 0.6) is 0 Å². The summed E-state index contributed by atoms with van der Waals surface area (Å²) < 4.78 is 28.5. The van der Waals surface area contributed by atoms with E-state index in [2.05, 4.69) is 15.1 Å². The van der Waals surface area contributed by atoms with Crippen LogP contribution in [0.15, 0.2) is 6.07 Å². The number of nitrogens with one attached hydrogen (secondary N) is 2. The lowest BCUT2D eigenvalue weighted by Gasteiger charge is -2.14. The molecule has 1 aromatic heterocycles. The predicted molar refractivity (Wildman–Crippen MR) is 81.2 cm³/mol. The molecule has 6 nitrogen and oxygen atoms in total. The fraction of sp³-hybridized carbons (Fsp3) is 0.769. The van der Waals surface area contributed by atoms with Crippen LogP contribution in [0, 0.1) is 13.8 Å². The molecule has 1 rings (SSSR count). The summed E-state index contributed by atoms with van der Waals surface area (Å²) in [6.07, 6.45) is 0.731. The summed E-state index contributed by atoms with van der Waals surface area (Å²) in [5, 5.41) is 6.98. The molecule has 0 spiro atoms. The first-order chi connectivity index (χ1) is 9.36. The van der Waals surface area contributed by atoms with Gasteiger partial charge in [-0.15, -0.1) is 0 Å². The Balaban J connectivity index is 2.34. The van der Waals surface area contributed by atoms with Crippen molar-refractivity contribution in [1.29, 1.82) is 0 Å². The van der Waals surface area contributed by atoms with Gasteiger partial charge in [0.1, 0.15) is 0 Å². The zero-order valence-corrected chi connectivity index (χ0v) is 13.6. The van der Waals surface area contributed by atoms with E-state index in [1.807, 2.05) is 31.5 Å². The molecule has 20 heavy (non-hydrogen) atoms. The first-order valence-corrected chi connectivity index (χ1v) is 8.61. The highest BCUT2D eigenvalue weighted by atomic mass is 32.2. The number of aryl methyl sites for hydroxylation is 3. The number of sulfonamides is 1. The third kappa shape index (κ3) is 5.22. The molecule has 0 aromatic carbocycles. The Morgan fingerprint density at radius 2 is 2.10 bits per heavy atom. The van der Waals surface area contributed by atoms with Gasteiger partial charge in [-0.05, 0) is 39.8 Å². The molecule has 116 valence electrons. The fourth-order valence-electron chi connectivity index (χ4n) is 1.94. The van der Waals surface area contributed by atoms with Gasteiger partial charge in [0, 0.05) is 25.3 Å². The van der Waals surface area contributed by atoms with Crippen LogP contribution in [0.2, 0.25) is 0 Å². The van der Waals surface area contributed by atoms with Crippen LogP contribution in [-0.2, 0) is 16.6 Å². The Bertz CT molecular complexity index is 510. The zero-order valence-electron chi connectivity index (χ0n) is 12.8. The molecule has 0 aliphatic rings. The summed E-state index contributed by atoms with van der Waals surface area (Å²) in [6, 6.07) is 2.02. The van der Waals surface area contributed by atoms with Gasteiger partial charge in [0.25, 0.3) is 0 Å². The van der Waals surface area contributed by atoms with Gasteiger partial charge in [0.15, 0.2) is 0 Å². The van der Waals surface area contributed by atoms with Gasteiger partial charge in [-0.1, -0.05) is 6.92 Å². The lowest BCUT2D eigenvalue weighted by molar-refractivity contribution is 0.535. The molecule has 1 atom stereocenters. The number of nitrogens with zero attached hydrogens (tertiary/aromatic N) is 2. The van der Waals surface area contributed by atoms with Crippen LogP contribution in [-0.4, -0.2) is 43.1 Å². The van der Waals surface area contributed by atoms with Crippen molar-refractivity contribution < 1.29 is 8.42 Å². The highest BCUT2D eigenvalue weighted by Crippen LogP contribution is 2.03. The molecule has 0 aliphatic heterocycles. The highest BCUT2D eigenvalue weighted by molar-refractivity contribution is 7.90. The maximum atomic E-state index is 11.9. The minimum Gasteiger partial charge on any atom is -0.316 e. The lowest BCUT2D eigenvalue weighted by Crippen LogP contribution is -2.39. The minimum absolute atomic E-state index is 0.420. The van der Waals surface area contributed by atoms with Crippen molar-refractivity contribution in [3.05, 3.63) is 17.5 Å². The predicted octanol–water partition coefficient (Wildman–Crippen LogP) is 0.807. The standard InChI is InChI=1S/C13H26N4O2S/c1-5-14-10-13(4)20(18,19)15-7-6-8-17-12(3)9-11(2)16-17/h9,13-15H,5-8,10H2,1-4H3. The van der Waals surface area contributed by atoms with E-state index in [4.69, 9.17) is 0 Å². The number of aromatic nitrogens is 2. The van der Waals surface area contributed by atoms with Crippen molar-refractivity contribution in [1.82, 2.24) is 19.8 Å². The molecular formula is C13H26N4O2S. The van der Waals surface area contributed by atoms with Crippen molar-refractivity contribution in [2.45, 2.75) is 45.9 Å². The monoisotopic (exact) mass is 302 g/mol. The Morgan fingerprint density at radius 1 is 1.40 bits per heavy atom.